The minimum Gasteiger partial charge on any atom is -0.399 e. The van der Waals surface area contributed by atoms with Gasteiger partial charge in [-0.15, -0.1) is 0 Å². The molecule has 0 amide bonds. The Labute approximate surface area is 120 Å². The largest absolute Gasteiger partial charge is 0.494 e. The third kappa shape index (κ3) is 1.95. The Morgan fingerprint density at radius 2 is 1.80 bits per heavy atom. The molecule has 1 saturated heterocycles. The fraction of sp³-hybridized carbons (Fsp3) is 0.600. The van der Waals surface area contributed by atoms with Gasteiger partial charge in [-0.3, -0.25) is 4.98 Å². The van der Waals surface area contributed by atoms with Crippen LogP contribution < -0.4 is 5.46 Å². The summed E-state index contributed by atoms with van der Waals surface area (Å²) in [5.41, 5.74) is 0.697. The van der Waals surface area contributed by atoms with Crippen LogP contribution in [0.3, 0.4) is 0 Å². The van der Waals surface area contributed by atoms with Gasteiger partial charge < -0.3 is 9.31 Å². The van der Waals surface area contributed by atoms with Gasteiger partial charge in [0.15, 0.2) is 0 Å². The second-order valence-electron chi connectivity index (χ2n) is 6.76. The lowest BCUT2D eigenvalue weighted by Crippen LogP contribution is -2.41. The van der Waals surface area contributed by atoms with Gasteiger partial charge in [-0.1, -0.05) is 0 Å². The van der Waals surface area contributed by atoms with E-state index in [0.717, 1.165) is 24.0 Å². The molecule has 0 unspecified atom stereocenters. The Kier molecular flexibility index (Phi) is 2.76. The summed E-state index contributed by atoms with van der Waals surface area (Å²) in [7, 11) is -0.392. The molecule has 4 nitrogen and oxygen atoms in total. The van der Waals surface area contributed by atoms with Crippen LogP contribution in [0.4, 0.5) is 0 Å². The molecule has 0 atom stereocenters. The molecule has 2 fully saturated rings. The van der Waals surface area contributed by atoms with Gasteiger partial charge in [0, 0.05) is 6.20 Å². The van der Waals surface area contributed by atoms with Gasteiger partial charge in [0.05, 0.1) is 28.4 Å². The Bertz CT molecular complexity index is 572. The second kappa shape index (κ2) is 4.06. The average molecular weight is 270 g/mol. The number of nitriles is 1. The molecule has 1 aliphatic heterocycles. The molecule has 0 aromatic carbocycles. The zero-order valence-corrected chi connectivity index (χ0v) is 12.4. The van der Waals surface area contributed by atoms with E-state index in [2.05, 4.69) is 11.1 Å². The van der Waals surface area contributed by atoms with E-state index in [1.165, 1.54) is 0 Å². The summed E-state index contributed by atoms with van der Waals surface area (Å²) in [6, 6.07) is 6.23. The number of pyridine rings is 1. The normalized spacial score (nSPS) is 25.2. The quantitative estimate of drug-likeness (QED) is 0.770. The SMILES string of the molecule is CC1(C)OB(c2ccnc(C3(C#N)CC3)c2)OC1(C)C. The van der Waals surface area contributed by atoms with Gasteiger partial charge in [-0.05, 0) is 58.1 Å². The third-order valence-corrected chi connectivity index (χ3v) is 4.76. The van der Waals surface area contributed by atoms with Gasteiger partial charge in [-0.2, -0.15) is 5.26 Å². The van der Waals surface area contributed by atoms with E-state index in [0.29, 0.717) is 0 Å². The highest BCUT2D eigenvalue weighted by Gasteiger charge is 2.52. The molecule has 1 aromatic heterocycles. The van der Waals surface area contributed by atoms with E-state index in [4.69, 9.17) is 9.31 Å². The minimum absolute atomic E-state index is 0.354. The summed E-state index contributed by atoms with van der Waals surface area (Å²) in [5, 5.41) is 9.28. The lowest BCUT2D eigenvalue weighted by molar-refractivity contribution is 0.00578. The summed E-state index contributed by atoms with van der Waals surface area (Å²) in [5.74, 6) is 0. The van der Waals surface area contributed by atoms with Crippen molar-refractivity contribution in [1.82, 2.24) is 4.98 Å². The smallest absolute Gasteiger partial charge is 0.399 e. The van der Waals surface area contributed by atoms with Crippen molar-refractivity contribution in [1.29, 1.82) is 5.26 Å². The molecule has 1 aliphatic carbocycles. The standard InChI is InChI=1S/C15H19BN2O2/c1-13(2)14(3,4)20-16(19-13)11-5-8-18-12(9-11)15(10-17)6-7-15/h5,8-9H,6-7H2,1-4H3. The van der Waals surface area contributed by atoms with Crippen LogP contribution >= 0.6 is 0 Å². The van der Waals surface area contributed by atoms with Crippen molar-refractivity contribution < 1.29 is 9.31 Å². The van der Waals surface area contributed by atoms with Crippen LogP contribution in [0.25, 0.3) is 0 Å². The molecule has 0 bridgehead atoms. The monoisotopic (exact) mass is 270 g/mol. The van der Waals surface area contributed by atoms with Gasteiger partial charge in [0.1, 0.15) is 0 Å². The predicted octanol–water partition coefficient (Wildman–Crippen LogP) is 1.94. The number of hydrogen-bond donors (Lipinski definition) is 0. The first-order chi connectivity index (χ1) is 9.30. The van der Waals surface area contributed by atoms with Crippen LogP contribution in [-0.4, -0.2) is 23.3 Å². The molecule has 1 aromatic rings. The summed E-state index contributed by atoms with van der Waals surface area (Å²) < 4.78 is 12.1. The van der Waals surface area contributed by atoms with Crippen LogP contribution in [0.15, 0.2) is 18.3 Å². The molecule has 0 radical (unpaired) electrons. The highest BCUT2D eigenvalue weighted by Crippen LogP contribution is 2.46. The molecular formula is C15H19BN2O2. The fourth-order valence-corrected chi connectivity index (χ4v) is 2.38. The summed E-state index contributed by atoms with van der Waals surface area (Å²) in [6.07, 6.45) is 3.53. The van der Waals surface area contributed by atoms with E-state index >= 15 is 0 Å². The first-order valence-corrected chi connectivity index (χ1v) is 7.03. The van der Waals surface area contributed by atoms with Crippen molar-refractivity contribution in [2.75, 3.05) is 0 Å². The molecule has 0 N–H and O–H groups in total. The lowest BCUT2D eigenvalue weighted by atomic mass is 9.78. The maximum Gasteiger partial charge on any atom is 0.494 e. The Morgan fingerprint density at radius 1 is 1.20 bits per heavy atom. The van der Waals surface area contributed by atoms with Gasteiger partial charge >= 0.3 is 7.12 Å². The molecule has 20 heavy (non-hydrogen) atoms. The van der Waals surface area contributed by atoms with Crippen LogP contribution in [0.5, 0.6) is 0 Å². The third-order valence-electron chi connectivity index (χ3n) is 4.76. The van der Waals surface area contributed by atoms with Crippen molar-refractivity contribution in [2.45, 2.75) is 57.2 Å². The van der Waals surface area contributed by atoms with E-state index in [9.17, 15) is 5.26 Å². The molecule has 5 heteroatoms. The van der Waals surface area contributed by atoms with Crippen molar-refractivity contribution >= 4 is 12.6 Å². The van der Waals surface area contributed by atoms with Crippen LogP contribution in [0, 0.1) is 11.3 Å². The van der Waals surface area contributed by atoms with E-state index < -0.39 is 7.12 Å². The van der Waals surface area contributed by atoms with E-state index in [1.54, 1.807) is 6.20 Å². The maximum absolute atomic E-state index is 9.28. The molecular weight excluding hydrogens is 251 g/mol. The highest BCUT2D eigenvalue weighted by molar-refractivity contribution is 6.62. The first-order valence-electron chi connectivity index (χ1n) is 7.03. The molecule has 3 rings (SSSR count). The number of hydrogen-bond acceptors (Lipinski definition) is 4. The van der Waals surface area contributed by atoms with Gasteiger partial charge in [-0.25, -0.2) is 0 Å². The number of nitrogens with zero attached hydrogens (tertiary/aromatic N) is 2. The van der Waals surface area contributed by atoms with E-state index in [1.807, 2.05) is 39.8 Å². The van der Waals surface area contributed by atoms with E-state index in [-0.39, 0.29) is 16.6 Å². The minimum atomic E-state index is -0.392. The van der Waals surface area contributed by atoms with Gasteiger partial charge in [0.2, 0.25) is 0 Å². The average Bonchev–Trinajstić information content (AvgIpc) is 3.14. The zero-order valence-electron chi connectivity index (χ0n) is 12.4. The summed E-state index contributed by atoms with van der Waals surface area (Å²) in [4.78, 5) is 4.35. The fourth-order valence-electron chi connectivity index (χ4n) is 2.38. The topological polar surface area (TPSA) is 55.1 Å². The molecule has 2 heterocycles. The second-order valence-corrected chi connectivity index (χ2v) is 6.76. The highest BCUT2D eigenvalue weighted by atomic mass is 16.7. The molecule has 1 saturated carbocycles. The number of rotatable bonds is 2. The lowest BCUT2D eigenvalue weighted by Gasteiger charge is -2.32. The maximum atomic E-state index is 9.28. The Hall–Kier alpha value is -1.38. The van der Waals surface area contributed by atoms with Gasteiger partial charge in [0.25, 0.3) is 0 Å². The summed E-state index contributed by atoms with van der Waals surface area (Å²) >= 11 is 0. The van der Waals surface area contributed by atoms with Crippen LogP contribution in [0.1, 0.15) is 46.2 Å². The number of aromatic nitrogens is 1. The van der Waals surface area contributed by atoms with Crippen LogP contribution in [-0.2, 0) is 14.7 Å². The Morgan fingerprint density at radius 3 is 2.30 bits per heavy atom. The predicted molar refractivity (Wildman–Crippen MR) is 76.5 cm³/mol. The molecule has 2 aliphatic rings. The summed E-state index contributed by atoms with van der Waals surface area (Å²) in [6.45, 7) is 8.14. The molecule has 0 spiro atoms. The Balaban J connectivity index is 1.90. The first kappa shape index (κ1) is 13.6. The molecule has 104 valence electrons. The van der Waals surface area contributed by atoms with Crippen molar-refractivity contribution in [3.8, 4) is 6.07 Å². The van der Waals surface area contributed by atoms with Crippen molar-refractivity contribution in [3.63, 3.8) is 0 Å². The van der Waals surface area contributed by atoms with Crippen LogP contribution in [0.2, 0.25) is 0 Å². The zero-order chi connectivity index (χ0) is 14.6. The van der Waals surface area contributed by atoms with Crippen molar-refractivity contribution in [2.24, 2.45) is 0 Å². The van der Waals surface area contributed by atoms with Crippen molar-refractivity contribution in [3.05, 3.63) is 24.0 Å².